The maximum absolute atomic E-state index is 13.5. The van der Waals surface area contributed by atoms with Crippen LogP contribution in [-0.4, -0.2) is 30.9 Å². The van der Waals surface area contributed by atoms with Crippen LogP contribution in [0.1, 0.15) is 37.3 Å². The predicted molar refractivity (Wildman–Crippen MR) is 87.1 cm³/mol. The normalized spacial score (nSPS) is 26.6. The van der Waals surface area contributed by atoms with Crippen LogP contribution in [0.4, 0.5) is 8.78 Å². The molecule has 0 bridgehead atoms. The fourth-order valence-corrected chi connectivity index (χ4v) is 3.67. The van der Waals surface area contributed by atoms with Gasteiger partial charge in [0.1, 0.15) is 12.1 Å². The number of rotatable bonds is 4. The maximum atomic E-state index is 13.5. The molecule has 0 spiro atoms. The number of hydrogen-bond donors (Lipinski definition) is 4. The lowest BCUT2D eigenvalue weighted by atomic mass is 9.81. The third kappa shape index (κ3) is 3.64. The van der Waals surface area contributed by atoms with Crippen molar-refractivity contribution in [3.05, 3.63) is 35.4 Å². The first-order valence-corrected chi connectivity index (χ1v) is 8.49. The fourth-order valence-electron chi connectivity index (χ4n) is 3.67. The summed E-state index contributed by atoms with van der Waals surface area (Å²) in [6.45, 7) is 0. The number of hydrogen-bond acceptors (Lipinski definition) is 4. The van der Waals surface area contributed by atoms with Crippen LogP contribution in [0.5, 0.6) is 0 Å². The third-order valence-corrected chi connectivity index (χ3v) is 5.03. The molecule has 4 unspecified atom stereocenters. The lowest BCUT2D eigenvalue weighted by Crippen LogP contribution is -2.49. The summed E-state index contributed by atoms with van der Waals surface area (Å²) in [6, 6.07) is 1.87. The topological polar surface area (TPSA) is 82.3 Å². The molecule has 2 fully saturated rings. The number of fused-ring (bicyclic) bond motifs is 1. The van der Waals surface area contributed by atoms with Crippen LogP contribution in [0.25, 0.3) is 0 Å². The highest BCUT2D eigenvalue weighted by atomic mass is 19.2. The fraction of sp³-hybridized carbons (Fsp3) is 0.529. The molecule has 1 aromatic carbocycles. The van der Waals surface area contributed by atoms with Crippen LogP contribution in [0.3, 0.4) is 0 Å². The van der Waals surface area contributed by atoms with E-state index in [9.17, 15) is 18.4 Å². The third-order valence-electron chi connectivity index (χ3n) is 5.03. The largest absolute Gasteiger partial charge is 0.357 e. The summed E-state index contributed by atoms with van der Waals surface area (Å²) >= 11 is 0. The Labute approximate surface area is 144 Å². The molecule has 6 nitrogen and oxygen atoms in total. The predicted octanol–water partition coefficient (Wildman–Crippen LogP) is 0.903. The lowest BCUT2D eigenvalue weighted by molar-refractivity contribution is -0.130. The average molecular weight is 352 g/mol. The number of carbonyl (C=O) groups is 2. The first-order chi connectivity index (χ1) is 12.0. The first-order valence-electron chi connectivity index (χ1n) is 8.49. The summed E-state index contributed by atoms with van der Waals surface area (Å²) in [4.78, 5) is 24.9. The summed E-state index contributed by atoms with van der Waals surface area (Å²) in [5.41, 5.74) is 6.34. The molecular formula is C17H22F2N4O2. The monoisotopic (exact) mass is 352 g/mol. The Morgan fingerprint density at radius 3 is 2.64 bits per heavy atom. The summed E-state index contributed by atoms with van der Waals surface area (Å²) in [7, 11) is 1.42. The van der Waals surface area contributed by atoms with Gasteiger partial charge < -0.3 is 10.6 Å². The lowest BCUT2D eigenvalue weighted by Gasteiger charge is -2.27. The second-order valence-corrected chi connectivity index (χ2v) is 6.55. The molecule has 4 N–H and O–H groups in total. The summed E-state index contributed by atoms with van der Waals surface area (Å²) in [6.07, 6.45) is 4.12. The minimum absolute atomic E-state index is 0.157. The van der Waals surface area contributed by atoms with E-state index in [0.717, 1.165) is 37.8 Å². The SMILES string of the molecule is CNC(=O)C(NC(=O)C1NNC2CCCCC21)c1ccc(F)c(F)c1. The molecule has 1 saturated carbocycles. The number of halogens is 2. The molecule has 1 heterocycles. The maximum Gasteiger partial charge on any atom is 0.246 e. The van der Waals surface area contributed by atoms with Crippen LogP contribution in [0.15, 0.2) is 18.2 Å². The molecule has 3 rings (SSSR count). The van der Waals surface area contributed by atoms with Gasteiger partial charge in [-0.3, -0.25) is 15.0 Å². The number of carbonyl (C=O) groups excluding carboxylic acids is 2. The molecular weight excluding hydrogens is 330 g/mol. The van der Waals surface area contributed by atoms with Gasteiger partial charge in [-0.1, -0.05) is 18.9 Å². The molecule has 1 aliphatic carbocycles. The quantitative estimate of drug-likeness (QED) is 0.649. The van der Waals surface area contributed by atoms with E-state index in [1.807, 2.05) is 0 Å². The van der Waals surface area contributed by atoms with E-state index in [0.29, 0.717) is 0 Å². The molecule has 25 heavy (non-hydrogen) atoms. The van der Waals surface area contributed by atoms with E-state index in [1.165, 1.54) is 13.1 Å². The zero-order chi connectivity index (χ0) is 18.0. The molecule has 2 amide bonds. The number of nitrogens with one attached hydrogen (secondary N) is 4. The minimum atomic E-state index is -1.09. The van der Waals surface area contributed by atoms with E-state index in [-0.39, 0.29) is 23.4 Å². The van der Waals surface area contributed by atoms with Gasteiger partial charge in [-0.25, -0.2) is 14.2 Å². The highest BCUT2D eigenvalue weighted by Gasteiger charge is 2.41. The molecule has 1 aromatic rings. The van der Waals surface area contributed by atoms with E-state index in [1.54, 1.807) is 0 Å². The second kappa shape index (κ2) is 7.45. The molecule has 1 saturated heterocycles. The van der Waals surface area contributed by atoms with Gasteiger partial charge in [-0.2, -0.15) is 0 Å². The van der Waals surface area contributed by atoms with Crippen molar-refractivity contribution in [2.24, 2.45) is 5.92 Å². The molecule has 8 heteroatoms. The van der Waals surface area contributed by atoms with Crippen LogP contribution < -0.4 is 21.5 Å². The van der Waals surface area contributed by atoms with Crippen molar-refractivity contribution in [2.75, 3.05) is 7.05 Å². The highest BCUT2D eigenvalue weighted by Crippen LogP contribution is 2.30. The first kappa shape index (κ1) is 17.8. The Kier molecular flexibility index (Phi) is 5.29. The Morgan fingerprint density at radius 1 is 1.16 bits per heavy atom. The summed E-state index contributed by atoms with van der Waals surface area (Å²) in [5, 5.41) is 5.11. The van der Waals surface area contributed by atoms with Gasteiger partial charge in [0, 0.05) is 19.0 Å². The molecule has 1 aliphatic heterocycles. The second-order valence-electron chi connectivity index (χ2n) is 6.55. The van der Waals surface area contributed by atoms with E-state index >= 15 is 0 Å². The Hall–Kier alpha value is -2.06. The molecule has 0 radical (unpaired) electrons. The number of benzene rings is 1. The smallest absolute Gasteiger partial charge is 0.246 e. The van der Waals surface area contributed by atoms with Crippen molar-refractivity contribution in [1.82, 2.24) is 21.5 Å². The Bertz CT molecular complexity index is 670. The van der Waals surface area contributed by atoms with E-state index in [4.69, 9.17) is 0 Å². The van der Waals surface area contributed by atoms with Gasteiger partial charge in [0.05, 0.1) is 0 Å². The zero-order valence-corrected chi connectivity index (χ0v) is 13.9. The van der Waals surface area contributed by atoms with Crippen LogP contribution in [-0.2, 0) is 9.59 Å². The molecule has 2 aliphatic rings. The molecule has 0 aromatic heterocycles. The van der Waals surface area contributed by atoms with Crippen LogP contribution in [0, 0.1) is 17.6 Å². The number of hydrazine groups is 1. The van der Waals surface area contributed by atoms with Gasteiger partial charge >= 0.3 is 0 Å². The zero-order valence-electron chi connectivity index (χ0n) is 13.9. The summed E-state index contributed by atoms with van der Waals surface area (Å²) < 4.78 is 26.7. The van der Waals surface area contributed by atoms with E-state index < -0.39 is 29.6 Å². The van der Waals surface area contributed by atoms with Crippen molar-refractivity contribution in [2.45, 2.75) is 43.8 Å². The van der Waals surface area contributed by atoms with Crippen LogP contribution in [0.2, 0.25) is 0 Å². The Morgan fingerprint density at radius 2 is 1.92 bits per heavy atom. The van der Waals surface area contributed by atoms with Crippen molar-refractivity contribution < 1.29 is 18.4 Å². The summed E-state index contributed by atoms with van der Waals surface area (Å²) in [5.74, 6) is -2.74. The molecule has 4 atom stereocenters. The molecule has 136 valence electrons. The number of amides is 2. The van der Waals surface area contributed by atoms with Gasteiger partial charge in [0.25, 0.3) is 0 Å². The van der Waals surface area contributed by atoms with Gasteiger partial charge in [-0.05, 0) is 30.5 Å². The standard InChI is InChI=1S/C17H22F2N4O2/c1-20-16(24)14(9-6-7-11(18)12(19)8-9)21-17(25)15-10-4-2-3-5-13(10)22-23-15/h6-8,10,13-15,22-23H,2-5H2,1H3,(H,20,24)(H,21,25). The highest BCUT2D eigenvalue weighted by molar-refractivity contribution is 5.90. The van der Waals surface area contributed by atoms with Crippen molar-refractivity contribution in [1.29, 1.82) is 0 Å². The Balaban J connectivity index is 1.77. The van der Waals surface area contributed by atoms with Gasteiger partial charge in [0.2, 0.25) is 11.8 Å². The van der Waals surface area contributed by atoms with Crippen molar-refractivity contribution in [3.63, 3.8) is 0 Å². The number of likely N-dealkylation sites (N-methyl/N-ethyl adjacent to an activating group) is 1. The van der Waals surface area contributed by atoms with Gasteiger partial charge in [0.15, 0.2) is 11.6 Å². The van der Waals surface area contributed by atoms with Crippen LogP contribution >= 0.6 is 0 Å². The van der Waals surface area contributed by atoms with E-state index in [2.05, 4.69) is 21.5 Å². The van der Waals surface area contributed by atoms with Gasteiger partial charge in [-0.15, -0.1) is 0 Å². The average Bonchev–Trinajstić information content (AvgIpc) is 3.05. The van der Waals surface area contributed by atoms with Crippen molar-refractivity contribution in [3.8, 4) is 0 Å². The van der Waals surface area contributed by atoms with Crippen molar-refractivity contribution >= 4 is 11.8 Å². The minimum Gasteiger partial charge on any atom is -0.357 e.